The lowest BCUT2D eigenvalue weighted by Gasteiger charge is -2.22. The molecule has 2 aliphatic heterocycles. The summed E-state index contributed by atoms with van der Waals surface area (Å²) in [6, 6.07) is 19.7. The van der Waals surface area contributed by atoms with Gasteiger partial charge in [0, 0.05) is 10.9 Å². The van der Waals surface area contributed by atoms with Gasteiger partial charge in [-0.3, -0.25) is 14.6 Å². The topological polar surface area (TPSA) is 87.2 Å². The first-order valence-corrected chi connectivity index (χ1v) is 11.3. The van der Waals surface area contributed by atoms with Crippen LogP contribution in [0.2, 0.25) is 5.02 Å². The number of hydrogen-bond donors (Lipinski definition) is 1. The van der Waals surface area contributed by atoms with Crippen LogP contribution in [0.3, 0.4) is 0 Å². The molecule has 2 amide bonds. The number of nitrogens with zero attached hydrogens (tertiary/aromatic N) is 2. The molecule has 0 bridgehead atoms. The number of para-hydroxylation sites is 1. The summed E-state index contributed by atoms with van der Waals surface area (Å²) in [5, 5.41) is 10.4. The lowest BCUT2D eigenvalue weighted by Crippen LogP contribution is -2.30. The number of fused-ring (bicyclic) bond motifs is 2. The van der Waals surface area contributed by atoms with Crippen molar-refractivity contribution < 1.29 is 24.2 Å². The van der Waals surface area contributed by atoms with Crippen molar-refractivity contribution in [1.82, 2.24) is 0 Å². The first-order valence-electron chi connectivity index (χ1n) is 10.9. The number of carboxylic acid groups (broad SMARTS) is 1. The molecular formula is C26H19ClN2O5. The molecule has 7 nitrogen and oxygen atoms in total. The normalized spacial score (nSPS) is 22.8. The van der Waals surface area contributed by atoms with Gasteiger partial charge in [-0.15, -0.1) is 0 Å². The fraction of sp³-hybridized carbons (Fsp3) is 0.192. The number of hydrogen-bond acceptors (Lipinski definition) is 4. The van der Waals surface area contributed by atoms with Crippen molar-refractivity contribution in [3.8, 4) is 0 Å². The predicted molar refractivity (Wildman–Crippen MR) is 126 cm³/mol. The molecule has 170 valence electrons. The molecule has 1 N–H and O–H groups in total. The second-order valence-electron chi connectivity index (χ2n) is 8.75. The van der Waals surface area contributed by atoms with Gasteiger partial charge in [0.15, 0.2) is 0 Å². The average Bonchev–Trinajstić information content (AvgIpc) is 3.36. The first kappa shape index (κ1) is 20.7. The molecule has 0 aromatic heterocycles. The fourth-order valence-electron chi connectivity index (χ4n) is 5.25. The van der Waals surface area contributed by atoms with Crippen LogP contribution in [0.25, 0.3) is 0 Å². The van der Waals surface area contributed by atoms with Crippen LogP contribution in [-0.4, -0.2) is 36.2 Å². The number of amides is 2. The summed E-state index contributed by atoms with van der Waals surface area (Å²) in [7, 11) is 0. The average molecular weight is 475 g/mol. The lowest BCUT2D eigenvalue weighted by atomic mass is 9.92. The number of carbonyl (C=O) groups excluding carboxylic acids is 2. The zero-order valence-corrected chi connectivity index (χ0v) is 18.7. The van der Waals surface area contributed by atoms with Crippen LogP contribution in [0, 0.1) is 0 Å². The van der Waals surface area contributed by atoms with E-state index in [2.05, 4.69) is 0 Å². The second-order valence-corrected chi connectivity index (χ2v) is 9.18. The molecule has 2 atom stereocenters. The van der Waals surface area contributed by atoms with Crippen molar-refractivity contribution in [3.63, 3.8) is 0 Å². The maximum absolute atomic E-state index is 14.0. The summed E-state index contributed by atoms with van der Waals surface area (Å²) in [4.78, 5) is 41.0. The Morgan fingerprint density at radius 2 is 1.76 bits per heavy atom. The van der Waals surface area contributed by atoms with E-state index in [4.69, 9.17) is 16.3 Å². The van der Waals surface area contributed by atoms with Crippen molar-refractivity contribution in [1.29, 1.82) is 0 Å². The molecule has 3 aromatic rings. The molecule has 3 aromatic carbocycles. The minimum Gasteiger partial charge on any atom is -0.478 e. The van der Waals surface area contributed by atoms with Gasteiger partial charge in [0.25, 0.3) is 0 Å². The summed E-state index contributed by atoms with van der Waals surface area (Å²) in [6.45, 7) is 0.539. The summed E-state index contributed by atoms with van der Waals surface area (Å²) in [6.07, 6.45) is 0.119. The van der Waals surface area contributed by atoms with E-state index in [0.29, 0.717) is 29.4 Å². The summed E-state index contributed by atoms with van der Waals surface area (Å²) in [5.41, 5.74) is 2.75. The lowest BCUT2D eigenvalue weighted by molar-refractivity contribution is -0.119. The molecule has 0 radical (unpaired) electrons. The van der Waals surface area contributed by atoms with Crippen molar-refractivity contribution in [3.05, 3.63) is 88.4 Å². The monoisotopic (exact) mass is 474 g/mol. The van der Waals surface area contributed by atoms with Crippen LogP contribution in [0.15, 0.2) is 66.7 Å². The molecule has 1 aliphatic carbocycles. The van der Waals surface area contributed by atoms with Crippen molar-refractivity contribution in [2.75, 3.05) is 23.0 Å². The second kappa shape index (κ2) is 7.33. The van der Waals surface area contributed by atoms with Gasteiger partial charge in [-0.25, -0.2) is 9.59 Å². The number of aromatic carboxylic acids is 1. The Morgan fingerprint density at radius 3 is 2.47 bits per heavy atom. The molecule has 8 heteroatoms. The minimum absolute atomic E-state index is 0.000830. The third-order valence-electron chi connectivity index (χ3n) is 6.92. The molecule has 2 fully saturated rings. The molecule has 3 aliphatic rings. The molecule has 34 heavy (non-hydrogen) atoms. The van der Waals surface area contributed by atoms with Gasteiger partial charge >= 0.3 is 12.1 Å². The van der Waals surface area contributed by atoms with E-state index >= 15 is 0 Å². The summed E-state index contributed by atoms with van der Waals surface area (Å²) >= 11 is 6.06. The molecule has 6 rings (SSSR count). The number of rotatable bonds is 4. The van der Waals surface area contributed by atoms with Crippen LogP contribution in [0.4, 0.5) is 21.9 Å². The third-order valence-corrected chi connectivity index (χ3v) is 7.18. The number of benzene rings is 3. The quantitative estimate of drug-likeness (QED) is 0.568. The number of ether oxygens (including phenoxy) is 1. The van der Waals surface area contributed by atoms with Gasteiger partial charge in [0.2, 0.25) is 5.91 Å². The molecule has 1 spiro atoms. The number of carboxylic acids is 1. The Labute approximate surface area is 200 Å². The first-order chi connectivity index (χ1) is 16.4. The highest BCUT2D eigenvalue weighted by Gasteiger charge is 2.67. The third kappa shape index (κ3) is 2.93. The van der Waals surface area contributed by atoms with Gasteiger partial charge in [-0.05, 0) is 53.9 Å². The van der Waals surface area contributed by atoms with E-state index in [1.54, 1.807) is 11.0 Å². The predicted octanol–water partition coefficient (Wildman–Crippen LogP) is 5.10. The van der Waals surface area contributed by atoms with E-state index in [0.717, 1.165) is 16.8 Å². The van der Waals surface area contributed by atoms with Crippen LogP contribution >= 0.6 is 11.6 Å². The SMILES string of the molecule is O=C(O)c1cc(N2CCOC2=O)cc(N2C(=O)[C@]3(C[C@H]3c3ccc(Cl)cc3)c3ccccc32)c1. The maximum Gasteiger partial charge on any atom is 0.414 e. The number of halogens is 1. The molecule has 1 saturated heterocycles. The highest BCUT2D eigenvalue weighted by atomic mass is 35.5. The van der Waals surface area contributed by atoms with Gasteiger partial charge < -0.3 is 9.84 Å². The van der Waals surface area contributed by atoms with Gasteiger partial charge in [-0.2, -0.15) is 0 Å². The molecule has 0 unspecified atom stereocenters. The Bertz CT molecular complexity index is 1370. The molecule has 1 saturated carbocycles. The van der Waals surface area contributed by atoms with Gasteiger partial charge in [-0.1, -0.05) is 41.9 Å². The zero-order chi connectivity index (χ0) is 23.6. The van der Waals surface area contributed by atoms with Gasteiger partial charge in [0.05, 0.1) is 34.6 Å². The zero-order valence-electron chi connectivity index (χ0n) is 17.9. The van der Waals surface area contributed by atoms with Crippen LogP contribution < -0.4 is 9.80 Å². The van der Waals surface area contributed by atoms with E-state index in [1.165, 1.54) is 17.0 Å². The Hall–Kier alpha value is -3.84. The standard InChI is InChI=1S/C26H19ClN2O5/c27-17-7-5-15(6-8-17)21-14-26(21)20-3-1-2-4-22(20)29(24(26)32)19-12-16(23(30)31)11-18(13-19)28-9-10-34-25(28)33/h1-8,11-13,21H,9-10,14H2,(H,30,31)/t21-,26+/m0/s1. The Balaban J connectivity index is 1.47. The minimum atomic E-state index is -1.14. The fourth-order valence-corrected chi connectivity index (χ4v) is 5.38. The molecule has 2 heterocycles. The van der Waals surface area contributed by atoms with Crippen LogP contribution in [0.5, 0.6) is 0 Å². The number of cyclic esters (lactones) is 1. The van der Waals surface area contributed by atoms with Crippen LogP contribution in [0.1, 0.15) is 33.8 Å². The summed E-state index contributed by atoms with van der Waals surface area (Å²) < 4.78 is 5.03. The van der Waals surface area contributed by atoms with Gasteiger partial charge in [0.1, 0.15) is 6.61 Å². The highest BCUT2D eigenvalue weighted by Crippen LogP contribution is 2.67. The van der Waals surface area contributed by atoms with E-state index in [1.807, 2.05) is 48.5 Å². The van der Waals surface area contributed by atoms with Crippen molar-refractivity contribution in [2.24, 2.45) is 0 Å². The van der Waals surface area contributed by atoms with Crippen molar-refractivity contribution in [2.45, 2.75) is 17.8 Å². The maximum atomic E-state index is 14.0. The van der Waals surface area contributed by atoms with E-state index in [9.17, 15) is 19.5 Å². The largest absolute Gasteiger partial charge is 0.478 e. The molecular weight excluding hydrogens is 456 g/mol. The summed E-state index contributed by atoms with van der Waals surface area (Å²) in [5.74, 6) is -1.25. The highest BCUT2D eigenvalue weighted by molar-refractivity contribution is 6.30. The van der Waals surface area contributed by atoms with E-state index in [-0.39, 0.29) is 24.0 Å². The van der Waals surface area contributed by atoms with Crippen LogP contribution in [-0.2, 0) is 14.9 Å². The van der Waals surface area contributed by atoms with E-state index < -0.39 is 17.5 Å². The smallest absolute Gasteiger partial charge is 0.414 e. The number of anilines is 3. The van der Waals surface area contributed by atoms with Crippen molar-refractivity contribution >= 4 is 46.6 Å². The number of carbonyl (C=O) groups is 3. The Morgan fingerprint density at radius 1 is 1.03 bits per heavy atom. The Kier molecular flexibility index (Phi) is 4.47.